The summed E-state index contributed by atoms with van der Waals surface area (Å²) in [5.74, 6) is 0.291. The van der Waals surface area contributed by atoms with Crippen LogP contribution in [-0.4, -0.2) is 37.8 Å². The number of halogens is 1. The molecule has 5 nitrogen and oxygen atoms in total. The minimum absolute atomic E-state index is 0.0679. The molecule has 1 aromatic rings. The molecule has 1 aromatic heterocycles. The molecule has 1 aliphatic carbocycles. The van der Waals surface area contributed by atoms with E-state index in [1.807, 2.05) is 6.92 Å². The smallest absolute Gasteiger partial charge is 0.252 e. The molecule has 3 rings (SSSR count). The molecule has 2 heterocycles. The van der Waals surface area contributed by atoms with Crippen molar-refractivity contribution in [2.24, 2.45) is 11.8 Å². The van der Waals surface area contributed by atoms with E-state index in [1.165, 1.54) is 17.1 Å². The zero-order chi connectivity index (χ0) is 18.0. The number of sulfonamides is 1. The molecule has 1 saturated heterocycles. The molecule has 1 amide bonds. The van der Waals surface area contributed by atoms with Crippen molar-refractivity contribution in [1.29, 1.82) is 0 Å². The maximum atomic E-state index is 12.6. The van der Waals surface area contributed by atoms with Crippen molar-refractivity contribution in [3.05, 3.63) is 16.5 Å². The average Bonchev–Trinajstić information content (AvgIpc) is 3.26. The van der Waals surface area contributed by atoms with Gasteiger partial charge in [-0.1, -0.05) is 31.4 Å². The van der Waals surface area contributed by atoms with Gasteiger partial charge in [0, 0.05) is 25.0 Å². The van der Waals surface area contributed by atoms with Crippen LogP contribution in [0.25, 0.3) is 0 Å². The Kier molecular flexibility index (Phi) is 6.08. The van der Waals surface area contributed by atoms with Gasteiger partial charge in [0.05, 0.1) is 4.34 Å². The lowest BCUT2D eigenvalue weighted by atomic mass is 9.85. The minimum Gasteiger partial charge on any atom is -0.353 e. The Morgan fingerprint density at radius 2 is 1.88 bits per heavy atom. The summed E-state index contributed by atoms with van der Waals surface area (Å²) in [5, 5.41) is 3.16. The fourth-order valence-electron chi connectivity index (χ4n) is 3.80. The molecular formula is C17H25ClN2O3S2. The van der Waals surface area contributed by atoms with E-state index in [0.29, 0.717) is 27.7 Å². The number of piperidine rings is 1. The number of thiophene rings is 1. The molecule has 2 aliphatic rings. The van der Waals surface area contributed by atoms with Gasteiger partial charge in [-0.2, -0.15) is 4.31 Å². The maximum Gasteiger partial charge on any atom is 0.252 e. The highest BCUT2D eigenvalue weighted by Crippen LogP contribution is 2.32. The molecule has 1 N–H and O–H groups in total. The van der Waals surface area contributed by atoms with Crippen LogP contribution in [0.3, 0.4) is 0 Å². The topological polar surface area (TPSA) is 66.5 Å². The number of rotatable bonds is 5. The van der Waals surface area contributed by atoms with Crippen molar-refractivity contribution >= 4 is 38.9 Å². The van der Waals surface area contributed by atoms with Crippen LogP contribution in [0.4, 0.5) is 0 Å². The lowest BCUT2D eigenvalue weighted by molar-refractivity contribution is -0.127. The first-order valence-corrected chi connectivity index (χ1v) is 11.6. The van der Waals surface area contributed by atoms with E-state index in [0.717, 1.165) is 37.0 Å². The van der Waals surface area contributed by atoms with Crippen molar-refractivity contribution in [3.8, 4) is 0 Å². The monoisotopic (exact) mass is 404 g/mol. The van der Waals surface area contributed by atoms with Gasteiger partial charge in [0.1, 0.15) is 4.21 Å². The Bertz CT molecular complexity index is 705. The lowest BCUT2D eigenvalue weighted by Gasteiger charge is -2.33. The van der Waals surface area contributed by atoms with Crippen LogP contribution in [0.1, 0.15) is 45.4 Å². The SMILES string of the molecule is C[C@@H](C(=O)NC1CCCC1)C1CCN(S(=O)(=O)c2ccc(Cl)s2)CC1. The lowest BCUT2D eigenvalue weighted by Crippen LogP contribution is -2.44. The highest BCUT2D eigenvalue weighted by Gasteiger charge is 2.34. The van der Waals surface area contributed by atoms with Crippen molar-refractivity contribution < 1.29 is 13.2 Å². The van der Waals surface area contributed by atoms with Gasteiger partial charge in [-0.15, -0.1) is 11.3 Å². The van der Waals surface area contributed by atoms with E-state index in [1.54, 1.807) is 12.1 Å². The molecule has 1 saturated carbocycles. The summed E-state index contributed by atoms with van der Waals surface area (Å²) >= 11 is 6.96. The Morgan fingerprint density at radius 1 is 1.24 bits per heavy atom. The summed E-state index contributed by atoms with van der Waals surface area (Å²) < 4.78 is 27.6. The quantitative estimate of drug-likeness (QED) is 0.816. The number of nitrogens with zero attached hydrogens (tertiary/aromatic N) is 1. The second kappa shape index (κ2) is 7.94. The summed E-state index contributed by atoms with van der Waals surface area (Å²) in [6, 6.07) is 3.51. The predicted octanol–water partition coefficient (Wildman–Crippen LogP) is 3.50. The Balaban J connectivity index is 1.55. The number of amides is 1. The molecule has 1 aliphatic heterocycles. The average molecular weight is 405 g/mol. The van der Waals surface area contributed by atoms with Gasteiger partial charge in [-0.25, -0.2) is 8.42 Å². The van der Waals surface area contributed by atoms with E-state index in [4.69, 9.17) is 11.6 Å². The largest absolute Gasteiger partial charge is 0.353 e. The molecule has 8 heteroatoms. The fraction of sp³-hybridized carbons (Fsp3) is 0.706. The maximum absolute atomic E-state index is 12.6. The standard InChI is InChI=1S/C17H25ClN2O3S2/c1-12(17(21)19-14-4-2-3-5-14)13-8-10-20(11-9-13)25(22,23)16-7-6-15(18)24-16/h6-7,12-14H,2-5,8-11H2,1H3,(H,19,21)/t12-/m1/s1. The molecular weight excluding hydrogens is 380 g/mol. The van der Waals surface area contributed by atoms with E-state index < -0.39 is 10.0 Å². The van der Waals surface area contributed by atoms with Crippen LogP contribution in [0, 0.1) is 11.8 Å². The van der Waals surface area contributed by atoms with Crippen LogP contribution in [0.2, 0.25) is 4.34 Å². The third-order valence-electron chi connectivity index (χ3n) is 5.46. The van der Waals surface area contributed by atoms with Gasteiger partial charge in [-0.3, -0.25) is 4.79 Å². The van der Waals surface area contributed by atoms with Crippen molar-refractivity contribution in [2.75, 3.05) is 13.1 Å². The molecule has 0 bridgehead atoms. The highest BCUT2D eigenvalue weighted by atomic mass is 35.5. The Morgan fingerprint density at radius 3 is 2.44 bits per heavy atom. The second-order valence-electron chi connectivity index (χ2n) is 7.08. The van der Waals surface area contributed by atoms with E-state index in [2.05, 4.69) is 5.32 Å². The number of nitrogens with one attached hydrogen (secondary N) is 1. The molecule has 0 spiro atoms. The summed E-state index contributed by atoms with van der Waals surface area (Å²) in [7, 11) is -3.46. The predicted molar refractivity (Wildman–Crippen MR) is 100 cm³/mol. The van der Waals surface area contributed by atoms with Gasteiger partial charge >= 0.3 is 0 Å². The second-order valence-corrected chi connectivity index (χ2v) is 11.0. The first kappa shape index (κ1) is 19.1. The zero-order valence-corrected chi connectivity index (χ0v) is 16.8. The van der Waals surface area contributed by atoms with Gasteiger partial charge in [0.15, 0.2) is 0 Å². The normalized spacial score (nSPS) is 22.2. The summed E-state index contributed by atoms with van der Waals surface area (Å²) in [6.45, 7) is 2.89. The number of carbonyl (C=O) groups excluding carboxylic acids is 1. The van der Waals surface area contributed by atoms with Crippen molar-refractivity contribution in [1.82, 2.24) is 9.62 Å². The van der Waals surface area contributed by atoms with Crippen LogP contribution in [0.15, 0.2) is 16.3 Å². The first-order valence-electron chi connectivity index (χ1n) is 8.94. The number of hydrogen-bond donors (Lipinski definition) is 1. The number of carbonyl (C=O) groups is 1. The van der Waals surface area contributed by atoms with E-state index in [-0.39, 0.29) is 17.7 Å². The Hall–Kier alpha value is -0.630. The van der Waals surface area contributed by atoms with Gasteiger partial charge in [0.25, 0.3) is 10.0 Å². The van der Waals surface area contributed by atoms with Crippen LogP contribution < -0.4 is 5.32 Å². The molecule has 0 aromatic carbocycles. The zero-order valence-electron chi connectivity index (χ0n) is 14.4. The van der Waals surface area contributed by atoms with Crippen molar-refractivity contribution in [3.63, 3.8) is 0 Å². The van der Waals surface area contributed by atoms with Crippen LogP contribution in [0.5, 0.6) is 0 Å². The molecule has 0 radical (unpaired) electrons. The minimum atomic E-state index is -3.46. The summed E-state index contributed by atoms with van der Waals surface area (Å²) in [4.78, 5) is 12.4. The van der Waals surface area contributed by atoms with E-state index >= 15 is 0 Å². The van der Waals surface area contributed by atoms with Gasteiger partial charge < -0.3 is 5.32 Å². The molecule has 140 valence electrons. The van der Waals surface area contributed by atoms with Crippen molar-refractivity contribution in [2.45, 2.75) is 55.7 Å². The third kappa shape index (κ3) is 4.38. The molecule has 0 unspecified atom stereocenters. The van der Waals surface area contributed by atoms with Crippen LogP contribution >= 0.6 is 22.9 Å². The molecule has 1 atom stereocenters. The third-order valence-corrected chi connectivity index (χ3v) is 9.06. The van der Waals surface area contributed by atoms with E-state index in [9.17, 15) is 13.2 Å². The van der Waals surface area contributed by atoms with Crippen LogP contribution in [-0.2, 0) is 14.8 Å². The first-order chi connectivity index (χ1) is 11.9. The fourth-order valence-corrected chi connectivity index (χ4v) is 6.90. The molecule has 2 fully saturated rings. The highest BCUT2D eigenvalue weighted by molar-refractivity contribution is 7.91. The Labute approximate surface area is 158 Å². The van der Waals surface area contributed by atoms with Gasteiger partial charge in [-0.05, 0) is 43.7 Å². The summed E-state index contributed by atoms with van der Waals surface area (Å²) in [6.07, 6.45) is 6.00. The number of hydrogen-bond acceptors (Lipinski definition) is 4. The summed E-state index contributed by atoms with van der Waals surface area (Å²) in [5.41, 5.74) is 0. The molecule has 25 heavy (non-hydrogen) atoms. The van der Waals surface area contributed by atoms with Gasteiger partial charge in [0.2, 0.25) is 5.91 Å².